The lowest BCUT2D eigenvalue weighted by Gasteiger charge is -2.39. The molecule has 0 saturated carbocycles. The summed E-state index contributed by atoms with van der Waals surface area (Å²) in [6, 6.07) is -0.122. The zero-order chi connectivity index (χ0) is 18.0. The highest BCUT2D eigenvalue weighted by molar-refractivity contribution is 5.95. The van der Waals surface area contributed by atoms with Gasteiger partial charge in [0.15, 0.2) is 24.2 Å². The van der Waals surface area contributed by atoms with Gasteiger partial charge in [0.2, 0.25) is 0 Å². The van der Waals surface area contributed by atoms with Gasteiger partial charge in [0.1, 0.15) is 11.5 Å². The fraction of sp³-hybridized carbons (Fsp3) is 0.529. The molecule has 2 aromatic rings. The lowest BCUT2D eigenvalue weighted by molar-refractivity contribution is 0.0406. The predicted molar refractivity (Wildman–Crippen MR) is 88.2 cm³/mol. The summed E-state index contributed by atoms with van der Waals surface area (Å²) < 4.78 is 10.5. The van der Waals surface area contributed by atoms with Crippen LogP contribution in [-0.2, 0) is 12.8 Å². The van der Waals surface area contributed by atoms with Crippen LogP contribution < -0.4 is 0 Å². The van der Waals surface area contributed by atoms with Crippen molar-refractivity contribution in [3.05, 3.63) is 35.7 Å². The van der Waals surface area contributed by atoms with Gasteiger partial charge in [0.25, 0.3) is 11.8 Å². The number of oxazole rings is 2. The maximum absolute atomic E-state index is 12.7. The average Bonchev–Trinajstić information content (AvgIpc) is 3.28. The molecular weight excluding hydrogens is 324 g/mol. The van der Waals surface area contributed by atoms with Crippen LogP contribution in [0.5, 0.6) is 0 Å². The van der Waals surface area contributed by atoms with Crippen LogP contribution in [0.2, 0.25) is 0 Å². The van der Waals surface area contributed by atoms with Gasteiger partial charge >= 0.3 is 0 Å². The quantitative estimate of drug-likeness (QED) is 0.838. The van der Waals surface area contributed by atoms with Gasteiger partial charge in [0.05, 0.1) is 0 Å². The first-order valence-corrected chi connectivity index (χ1v) is 8.51. The van der Waals surface area contributed by atoms with E-state index in [4.69, 9.17) is 8.83 Å². The third-order valence-electron chi connectivity index (χ3n) is 4.50. The number of rotatable bonds is 4. The Morgan fingerprint density at radius 2 is 1.60 bits per heavy atom. The highest BCUT2D eigenvalue weighted by Gasteiger charge is 2.33. The second kappa shape index (κ2) is 7.08. The van der Waals surface area contributed by atoms with E-state index >= 15 is 0 Å². The van der Waals surface area contributed by atoms with Gasteiger partial charge in [-0.2, -0.15) is 0 Å². The molecule has 1 unspecified atom stereocenters. The fourth-order valence-corrected chi connectivity index (χ4v) is 3.12. The molecule has 1 fully saturated rings. The molecule has 1 saturated heterocycles. The topological polar surface area (TPSA) is 92.7 Å². The van der Waals surface area contributed by atoms with E-state index in [2.05, 4.69) is 9.97 Å². The Morgan fingerprint density at radius 3 is 2.12 bits per heavy atom. The molecule has 0 aliphatic carbocycles. The van der Waals surface area contributed by atoms with Crippen LogP contribution in [0.15, 0.2) is 21.6 Å². The Labute approximate surface area is 145 Å². The molecule has 0 N–H and O–H groups in total. The first kappa shape index (κ1) is 17.2. The number of hydrogen-bond donors (Lipinski definition) is 0. The maximum Gasteiger partial charge on any atom is 0.276 e. The van der Waals surface area contributed by atoms with Crippen molar-refractivity contribution < 1.29 is 18.4 Å². The molecule has 0 spiro atoms. The van der Waals surface area contributed by atoms with Crippen LogP contribution in [0.3, 0.4) is 0 Å². The van der Waals surface area contributed by atoms with Crippen LogP contribution in [0.25, 0.3) is 0 Å². The molecule has 2 aromatic heterocycles. The first-order valence-electron chi connectivity index (χ1n) is 8.51. The molecule has 1 aliphatic heterocycles. The molecule has 2 amide bonds. The monoisotopic (exact) mass is 346 g/mol. The van der Waals surface area contributed by atoms with E-state index in [9.17, 15) is 9.59 Å². The lowest BCUT2D eigenvalue weighted by Crippen LogP contribution is -2.55. The molecule has 0 bridgehead atoms. The van der Waals surface area contributed by atoms with Gasteiger partial charge in [-0.1, -0.05) is 13.8 Å². The predicted octanol–water partition coefficient (Wildman–Crippen LogP) is 1.77. The fourth-order valence-electron chi connectivity index (χ4n) is 3.12. The second-order valence-electron chi connectivity index (χ2n) is 6.05. The molecule has 1 aliphatic rings. The van der Waals surface area contributed by atoms with Crippen molar-refractivity contribution in [1.82, 2.24) is 19.8 Å². The number of piperazine rings is 1. The minimum absolute atomic E-state index is 0.122. The number of aromatic nitrogens is 2. The van der Waals surface area contributed by atoms with Gasteiger partial charge in [-0.15, -0.1) is 0 Å². The molecule has 3 heterocycles. The molecule has 0 radical (unpaired) electrons. The number of nitrogens with zero attached hydrogens (tertiary/aromatic N) is 4. The van der Waals surface area contributed by atoms with E-state index in [0.717, 1.165) is 0 Å². The minimum Gasteiger partial charge on any atom is -0.448 e. The Bertz CT molecular complexity index is 766. The molecule has 0 aromatic carbocycles. The zero-order valence-corrected chi connectivity index (χ0v) is 14.7. The van der Waals surface area contributed by atoms with E-state index in [1.165, 1.54) is 12.8 Å². The smallest absolute Gasteiger partial charge is 0.276 e. The van der Waals surface area contributed by atoms with Gasteiger partial charge in [-0.05, 0) is 6.92 Å². The summed E-state index contributed by atoms with van der Waals surface area (Å²) in [6.07, 6.45) is 3.82. The normalized spacial score (nSPS) is 17.8. The van der Waals surface area contributed by atoms with Crippen molar-refractivity contribution in [3.63, 3.8) is 0 Å². The lowest BCUT2D eigenvalue weighted by atomic mass is 10.1. The van der Waals surface area contributed by atoms with Crippen molar-refractivity contribution in [2.75, 3.05) is 19.6 Å². The SMILES string of the molecule is CCc1ocnc1C(=O)N1CCN(C(=O)c2ncoc2CC)C(C)C1. The van der Waals surface area contributed by atoms with Gasteiger partial charge in [0, 0.05) is 38.5 Å². The molecular formula is C17H22N4O4. The summed E-state index contributed by atoms with van der Waals surface area (Å²) in [5, 5.41) is 0. The van der Waals surface area contributed by atoms with Crippen molar-refractivity contribution in [1.29, 1.82) is 0 Å². The maximum atomic E-state index is 12.7. The molecule has 8 heteroatoms. The molecule has 8 nitrogen and oxygen atoms in total. The third-order valence-corrected chi connectivity index (χ3v) is 4.50. The van der Waals surface area contributed by atoms with Gasteiger partial charge in [-0.25, -0.2) is 9.97 Å². The van der Waals surface area contributed by atoms with Gasteiger partial charge < -0.3 is 18.6 Å². The average molecular weight is 346 g/mol. The van der Waals surface area contributed by atoms with Crippen LogP contribution >= 0.6 is 0 Å². The third kappa shape index (κ3) is 3.16. The number of carbonyl (C=O) groups is 2. The minimum atomic E-state index is -0.153. The number of hydrogen-bond acceptors (Lipinski definition) is 6. The van der Waals surface area contributed by atoms with E-state index in [-0.39, 0.29) is 17.9 Å². The summed E-state index contributed by atoms with van der Waals surface area (Å²) in [5.41, 5.74) is 0.721. The van der Waals surface area contributed by atoms with Gasteiger partial charge in [-0.3, -0.25) is 9.59 Å². The van der Waals surface area contributed by atoms with E-state index in [1.807, 2.05) is 20.8 Å². The number of amides is 2. The summed E-state index contributed by atoms with van der Waals surface area (Å²) >= 11 is 0. The van der Waals surface area contributed by atoms with E-state index in [0.29, 0.717) is 55.4 Å². The highest BCUT2D eigenvalue weighted by Crippen LogP contribution is 2.19. The largest absolute Gasteiger partial charge is 0.448 e. The number of aryl methyl sites for hydroxylation is 2. The summed E-state index contributed by atoms with van der Waals surface area (Å²) in [4.78, 5) is 36.9. The van der Waals surface area contributed by atoms with Crippen molar-refractivity contribution in [2.45, 2.75) is 39.7 Å². The van der Waals surface area contributed by atoms with Crippen molar-refractivity contribution in [2.24, 2.45) is 0 Å². The zero-order valence-electron chi connectivity index (χ0n) is 14.7. The Kier molecular flexibility index (Phi) is 4.87. The standard InChI is InChI=1S/C17H22N4O4/c1-4-12-14(18-9-24-12)16(22)20-6-7-21(11(3)8-20)17(23)15-13(5-2)25-10-19-15/h9-11H,4-8H2,1-3H3. The Hall–Kier alpha value is -2.64. The van der Waals surface area contributed by atoms with E-state index < -0.39 is 0 Å². The van der Waals surface area contributed by atoms with Crippen LogP contribution in [0, 0.1) is 0 Å². The summed E-state index contributed by atoms with van der Waals surface area (Å²) in [5.74, 6) is 0.873. The van der Waals surface area contributed by atoms with Crippen molar-refractivity contribution >= 4 is 11.8 Å². The van der Waals surface area contributed by atoms with Crippen LogP contribution in [0.1, 0.15) is 53.3 Å². The summed E-state index contributed by atoms with van der Waals surface area (Å²) in [6.45, 7) is 7.10. The highest BCUT2D eigenvalue weighted by atomic mass is 16.3. The number of carbonyl (C=O) groups excluding carboxylic acids is 2. The van der Waals surface area contributed by atoms with E-state index in [1.54, 1.807) is 9.80 Å². The van der Waals surface area contributed by atoms with Crippen LogP contribution in [0.4, 0.5) is 0 Å². The molecule has 134 valence electrons. The Balaban J connectivity index is 1.70. The van der Waals surface area contributed by atoms with Crippen LogP contribution in [-0.4, -0.2) is 57.3 Å². The second-order valence-corrected chi connectivity index (χ2v) is 6.05. The molecule has 25 heavy (non-hydrogen) atoms. The molecule has 1 atom stereocenters. The Morgan fingerprint density at radius 1 is 1.04 bits per heavy atom. The van der Waals surface area contributed by atoms with Crippen molar-refractivity contribution in [3.8, 4) is 0 Å². The molecule has 3 rings (SSSR count). The summed E-state index contributed by atoms with van der Waals surface area (Å²) in [7, 11) is 0. The first-order chi connectivity index (χ1) is 12.1.